The SMILES string of the molecule is [N-]=[N+]=NCc1ccccc1C[C@@]1(C(=O)NCCF)N=C(c2ccc(OCCCO)cc2)O[C@@H]1c1ccc(Cl)cc1Cl. The molecular formula is C29H28Cl2FN5O4. The Morgan fingerprint density at radius 2 is 1.93 bits per heavy atom. The van der Waals surface area contributed by atoms with Gasteiger partial charge < -0.3 is 19.9 Å². The Kier molecular flexibility index (Phi) is 10.4. The molecule has 214 valence electrons. The van der Waals surface area contributed by atoms with E-state index in [-0.39, 0.29) is 37.0 Å². The lowest BCUT2D eigenvalue weighted by Gasteiger charge is -2.31. The molecule has 1 amide bonds. The van der Waals surface area contributed by atoms with Gasteiger partial charge in [0.2, 0.25) is 5.90 Å². The number of halogens is 3. The first-order valence-corrected chi connectivity index (χ1v) is 13.6. The topological polar surface area (TPSA) is 129 Å². The van der Waals surface area contributed by atoms with Crippen LogP contribution in [-0.2, 0) is 22.5 Å². The molecule has 2 atom stereocenters. The van der Waals surface area contributed by atoms with Gasteiger partial charge in [0.05, 0.1) is 13.2 Å². The number of hydrogen-bond acceptors (Lipinski definition) is 6. The number of carbonyl (C=O) groups is 1. The van der Waals surface area contributed by atoms with Crippen LogP contribution in [0.4, 0.5) is 4.39 Å². The van der Waals surface area contributed by atoms with E-state index in [1.807, 2.05) is 12.1 Å². The summed E-state index contributed by atoms with van der Waals surface area (Å²) >= 11 is 12.8. The molecule has 0 fully saturated rings. The van der Waals surface area contributed by atoms with E-state index in [0.29, 0.717) is 46.1 Å². The van der Waals surface area contributed by atoms with Crippen molar-refractivity contribution in [3.05, 3.63) is 109 Å². The van der Waals surface area contributed by atoms with E-state index in [2.05, 4.69) is 15.3 Å². The van der Waals surface area contributed by atoms with E-state index in [1.165, 1.54) is 0 Å². The third kappa shape index (κ3) is 7.10. The molecule has 1 aliphatic heterocycles. The number of nitrogens with zero attached hydrogens (tertiary/aromatic N) is 4. The number of azide groups is 1. The first kappa shape index (κ1) is 30.1. The Bertz CT molecular complexity index is 1450. The maximum Gasteiger partial charge on any atom is 0.252 e. The predicted molar refractivity (Wildman–Crippen MR) is 155 cm³/mol. The number of rotatable bonds is 13. The Morgan fingerprint density at radius 3 is 2.61 bits per heavy atom. The molecule has 0 spiro atoms. The number of hydrogen-bond donors (Lipinski definition) is 2. The molecule has 4 rings (SSSR count). The third-order valence-corrected chi connectivity index (χ3v) is 7.10. The summed E-state index contributed by atoms with van der Waals surface area (Å²) in [7, 11) is 0. The highest BCUT2D eigenvalue weighted by Crippen LogP contribution is 2.45. The van der Waals surface area contributed by atoms with Crippen LogP contribution in [-0.4, -0.2) is 48.9 Å². The van der Waals surface area contributed by atoms with Crippen molar-refractivity contribution in [2.75, 3.05) is 26.4 Å². The van der Waals surface area contributed by atoms with Crippen LogP contribution in [0.15, 0.2) is 76.8 Å². The van der Waals surface area contributed by atoms with Gasteiger partial charge in [-0.1, -0.05) is 58.6 Å². The van der Waals surface area contributed by atoms with Gasteiger partial charge in [-0.15, -0.1) is 0 Å². The third-order valence-electron chi connectivity index (χ3n) is 6.54. The van der Waals surface area contributed by atoms with Gasteiger partial charge in [-0.3, -0.25) is 4.79 Å². The summed E-state index contributed by atoms with van der Waals surface area (Å²) in [6.45, 7) is -0.534. The predicted octanol–water partition coefficient (Wildman–Crippen LogP) is 6.15. The number of benzene rings is 3. The molecule has 1 aliphatic rings. The van der Waals surface area contributed by atoms with Gasteiger partial charge in [-0.05, 0) is 53.1 Å². The fourth-order valence-electron chi connectivity index (χ4n) is 4.57. The molecule has 0 radical (unpaired) electrons. The Labute approximate surface area is 246 Å². The van der Waals surface area contributed by atoms with Crippen molar-refractivity contribution >= 4 is 35.0 Å². The summed E-state index contributed by atoms with van der Waals surface area (Å²) in [6.07, 6.45) is -0.467. The molecule has 41 heavy (non-hydrogen) atoms. The summed E-state index contributed by atoms with van der Waals surface area (Å²) in [4.78, 5) is 21.7. The second-order valence-electron chi connectivity index (χ2n) is 9.23. The van der Waals surface area contributed by atoms with Crippen molar-refractivity contribution in [1.82, 2.24) is 5.32 Å². The van der Waals surface area contributed by atoms with Gasteiger partial charge in [0.15, 0.2) is 11.6 Å². The van der Waals surface area contributed by atoms with Crippen LogP contribution in [0.2, 0.25) is 10.0 Å². The highest BCUT2D eigenvalue weighted by molar-refractivity contribution is 6.35. The van der Waals surface area contributed by atoms with E-state index in [0.717, 1.165) is 0 Å². The molecule has 0 saturated heterocycles. The second-order valence-corrected chi connectivity index (χ2v) is 10.1. The van der Waals surface area contributed by atoms with Gasteiger partial charge >= 0.3 is 0 Å². The van der Waals surface area contributed by atoms with E-state index < -0.39 is 24.2 Å². The van der Waals surface area contributed by atoms with Crippen molar-refractivity contribution in [1.29, 1.82) is 0 Å². The smallest absolute Gasteiger partial charge is 0.252 e. The van der Waals surface area contributed by atoms with Crippen LogP contribution in [0.5, 0.6) is 5.75 Å². The van der Waals surface area contributed by atoms with Gasteiger partial charge in [0.1, 0.15) is 12.4 Å². The summed E-state index contributed by atoms with van der Waals surface area (Å²) in [5, 5.41) is 16.0. The lowest BCUT2D eigenvalue weighted by molar-refractivity contribution is -0.129. The first-order chi connectivity index (χ1) is 19.9. The van der Waals surface area contributed by atoms with Crippen LogP contribution < -0.4 is 10.1 Å². The summed E-state index contributed by atoms with van der Waals surface area (Å²) in [6, 6.07) is 19.1. The molecule has 1 heterocycles. The van der Waals surface area contributed by atoms with Gasteiger partial charge in [0, 0.05) is 52.1 Å². The number of ether oxygens (including phenoxy) is 2. The van der Waals surface area contributed by atoms with Crippen LogP contribution in [0.3, 0.4) is 0 Å². The number of alkyl halides is 1. The average Bonchev–Trinajstić information content (AvgIpc) is 3.36. The monoisotopic (exact) mass is 599 g/mol. The molecule has 2 N–H and O–H groups in total. The first-order valence-electron chi connectivity index (χ1n) is 12.9. The van der Waals surface area contributed by atoms with Gasteiger partial charge in [-0.2, -0.15) is 0 Å². The molecule has 9 nitrogen and oxygen atoms in total. The molecule has 0 aliphatic carbocycles. The molecule has 0 bridgehead atoms. The Morgan fingerprint density at radius 1 is 1.17 bits per heavy atom. The zero-order valence-corrected chi connectivity index (χ0v) is 23.5. The maximum absolute atomic E-state index is 13.9. The molecule has 0 unspecified atom stereocenters. The molecule has 0 saturated carbocycles. The van der Waals surface area contributed by atoms with E-state index in [1.54, 1.807) is 54.6 Å². The number of aliphatic hydroxyl groups is 1. The second kappa shape index (κ2) is 14.2. The van der Waals surface area contributed by atoms with Crippen molar-refractivity contribution in [3.63, 3.8) is 0 Å². The zero-order chi connectivity index (χ0) is 29.2. The minimum atomic E-state index is -1.61. The fourth-order valence-corrected chi connectivity index (χ4v) is 5.08. The van der Waals surface area contributed by atoms with Crippen molar-refractivity contribution in [3.8, 4) is 5.75 Å². The normalized spacial score (nSPS) is 17.8. The van der Waals surface area contributed by atoms with Crippen molar-refractivity contribution in [2.45, 2.75) is 31.0 Å². The summed E-state index contributed by atoms with van der Waals surface area (Å²) in [5.41, 5.74) is 9.75. The van der Waals surface area contributed by atoms with Crippen molar-refractivity contribution < 1.29 is 23.8 Å². The molecule has 12 heteroatoms. The van der Waals surface area contributed by atoms with Crippen LogP contribution in [0.1, 0.15) is 34.8 Å². The van der Waals surface area contributed by atoms with Crippen molar-refractivity contribution in [2.24, 2.45) is 10.1 Å². The standard InChI is InChI=1S/C29H28Cl2FN5O4/c30-22-8-11-24(25(31)16-22)26-29(28(39)34-13-12-32,17-20-4-1-2-5-21(20)18-35-37-33)36-27(41-26)19-6-9-23(10-7-19)40-15-3-14-38/h1-2,4-11,16,26,38H,3,12-15,17-18H2,(H,34,39)/t26-,29-/m1/s1. The summed E-state index contributed by atoms with van der Waals surface area (Å²) < 4.78 is 25.3. The number of carbonyl (C=O) groups excluding carboxylic acids is 1. The van der Waals surface area contributed by atoms with Crippen LogP contribution >= 0.6 is 23.2 Å². The minimum Gasteiger partial charge on any atom is -0.494 e. The van der Waals surface area contributed by atoms with E-state index in [4.69, 9.17) is 48.3 Å². The van der Waals surface area contributed by atoms with E-state index >= 15 is 0 Å². The largest absolute Gasteiger partial charge is 0.494 e. The quantitative estimate of drug-likeness (QED) is 0.106. The maximum atomic E-state index is 13.9. The number of nitrogens with one attached hydrogen (secondary N) is 1. The lowest BCUT2D eigenvalue weighted by Crippen LogP contribution is -2.50. The van der Waals surface area contributed by atoms with Crippen LogP contribution in [0, 0.1) is 0 Å². The lowest BCUT2D eigenvalue weighted by atomic mass is 9.81. The zero-order valence-electron chi connectivity index (χ0n) is 22.0. The van der Waals surface area contributed by atoms with Gasteiger partial charge in [0.25, 0.3) is 5.91 Å². The highest BCUT2D eigenvalue weighted by Gasteiger charge is 2.54. The molecule has 3 aromatic rings. The molecular weight excluding hydrogens is 572 g/mol. The molecule has 3 aromatic carbocycles. The fraction of sp³-hybridized carbons (Fsp3) is 0.310. The Hall–Kier alpha value is -3.82. The minimum absolute atomic E-state index is 0.0237. The number of aliphatic hydroxyl groups excluding tert-OH is 1. The van der Waals surface area contributed by atoms with Gasteiger partial charge in [-0.25, -0.2) is 9.38 Å². The van der Waals surface area contributed by atoms with Crippen LogP contribution in [0.25, 0.3) is 10.4 Å². The average molecular weight is 600 g/mol. The Balaban J connectivity index is 1.84. The number of amides is 1. The number of aliphatic imine (C=N–C) groups is 1. The molecule has 0 aromatic heterocycles. The van der Waals surface area contributed by atoms with E-state index in [9.17, 15) is 9.18 Å². The summed E-state index contributed by atoms with van der Waals surface area (Å²) in [5.74, 6) is 0.228. The highest BCUT2D eigenvalue weighted by atomic mass is 35.5.